The summed E-state index contributed by atoms with van der Waals surface area (Å²) < 4.78 is 4.95. The van der Waals surface area contributed by atoms with Gasteiger partial charge in [-0.15, -0.1) is 0 Å². The Morgan fingerprint density at radius 3 is 2.46 bits per heavy atom. The minimum Gasteiger partial charge on any atom is -0.451 e. The third-order valence-electron chi connectivity index (χ3n) is 3.98. The topological polar surface area (TPSA) is 96.9 Å². The van der Waals surface area contributed by atoms with E-state index in [4.69, 9.17) is 4.74 Å². The predicted octanol–water partition coefficient (Wildman–Crippen LogP) is 1.87. The summed E-state index contributed by atoms with van der Waals surface area (Å²) in [5.74, 6) is -0.731. The highest BCUT2D eigenvalue weighted by atomic mass is 16.5. The summed E-state index contributed by atoms with van der Waals surface area (Å²) >= 11 is 0. The Morgan fingerprint density at radius 2 is 1.88 bits per heavy atom. The van der Waals surface area contributed by atoms with Crippen molar-refractivity contribution < 1.29 is 19.1 Å². The quantitative estimate of drug-likeness (QED) is 0.726. The van der Waals surface area contributed by atoms with Crippen LogP contribution in [-0.4, -0.2) is 30.1 Å². The van der Waals surface area contributed by atoms with E-state index in [0.29, 0.717) is 5.92 Å². The Kier molecular flexibility index (Phi) is 6.89. The summed E-state index contributed by atoms with van der Waals surface area (Å²) in [4.78, 5) is 34.8. The standard InChI is InChI=1S/C19H25N3O4/c1-12(2)10-14-4-6-15(7-5-14)13(3)20-18(24)11-26-19(25)16-8-9-17(23)22-21-16/h4-7,12-13H,8-11H2,1-3H3,(H,20,24)(H,22,23)/t13-/m0/s1. The normalized spacial score (nSPS) is 15.1. The van der Waals surface area contributed by atoms with E-state index in [0.717, 1.165) is 12.0 Å². The number of esters is 1. The molecule has 1 atom stereocenters. The molecule has 0 unspecified atom stereocenters. The van der Waals surface area contributed by atoms with Crippen LogP contribution >= 0.6 is 0 Å². The Balaban J connectivity index is 1.79. The van der Waals surface area contributed by atoms with Crippen LogP contribution in [0.4, 0.5) is 0 Å². The van der Waals surface area contributed by atoms with Crippen molar-refractivity contribution in [2.24, 2.45) is 11.0 Å². The van der Waals surface area contributed by atoms with Crippen molar-refractivity contribution in [3.63, 3.8) is 0 Å². The van der Waals surface area contributed by atoms with Crippen LogP contribution < -0.4 is 10.7 Å². The second kappa shape index (κ2) is 9.12. The van der Waals surface area contributed by atoms with Gasteiger partial charge >= 0.3 is 5.97 Å². The highest BCUT2D eigenvalue weighted by Gasteiger charge is 2.20. The molecule has 0 aliphatic carbocycles. The van der Waals surface area contributed by atoms with Gasteiger partial charge in [-0.3, -0.25) is 9.59 Å². The number of rotatable bonds is 7. The average molecular weight is 359 g/mol. The molecular formula is C19H25N3O4. The van der Waals surface area contributed by atoms with Crippen molar-refractivity contribution in [3.8, 4) is 0 Å². The van der Waals surface area contributed by atoms with Gasteiger partial charge in [0.15, 0.2) is 6.61 Å². The first-order chi connectivity index (χ1) is 12.3. The third-order valence-corrected chi connectivity index (χ3v) is 3.98. The van der Waals surface area contributed by atoms with Gasteiger partial charge in [-0.1, -0.05) is 38.1 Å². The molecule has 140 valence electrons. The van der Waals surface area contributed by atoms with Crippen molar-refractivity contribution >= 4 is 23.5 Å². The zero-order valence-corrected chi connectivity index (χ0v) is 15.4. The summed E-state index contributed by atoms with van der Waals surface area (Å²) in [6.45, 7) is 5.83. The number of amides is 2. The Bertz CT molecular complexity index is 695. The number of hydrogen-bond donors (Lipinski definition) is 2. The Hall–Kier alpha value is -2.70. The van der Waals surface area contributed by atoms with Crippen LogP contribution in [0.1, 0.15) is 50.8 Å². The van der Waals surface area contributed by atoms with E-state index in [9.17, 15) is 14.4 Å². The van der Waals surface area contributed by atoms with E-state index in [-0.39, 0.29) is 37.1 Å². The summed E-state index contributed by atoms with van der Waals surface area (Å²) in [7, 11) is 0. The molecule has 0 saturated heterocycles. The Labute approximate surface area is 153 Å². The van der Waals surface area contributed by atoms with Gasteiger partial charge in [0.05, 0.1) is 6.04 Å². The number of hydrogen-bond acceptors (Lipinski definition) is 5. The zero-order valence-electron chi connectivity index (χ0n) is 15.4. The van der Waals surface area contributed by atoms with E-state index in [1.807, 2.05) is 19.1 Å². The largest absolute Gasteiger partial charge is 0.451 e. The molecule has 0 bridgehead atoms. The molecule has 1 aliphatic heterocycles. The van der Waals surface area contributed by atoms with Gasteiger partial charge in [-0.2, -0.15) is 5.10 Å². The lowest BCUT2D eigenvalue weighted by Crippen LogP contribution is -2.34. The molecule has 1 aromatic rings. The van der Waals surface area contributed by atoms with E-state index in [1.54, 1.807) is 0 Å². The van der Waals surface area contributed by atoms with Gasteiger partial charge in [0, 0.05) is 12.8 Å². The lowest BCUT2D eigenvalue weighted by atomic mass is 10.00. The van der Waals surface area contributed by atoms with Crippen molar-refractivity contribution in [1.29, 1.82) is 0 Å². The molecule has 26 heavy (non-hydrogen) atoms. The predicted molar refractivity (Wildman–Crippen MR) is 97.3 cm³/mol. The lowest BCUT2D eigenvalue weighted by Gasteiger charge is -2.16. The van der Waals surface area contributed by atoms with Gasteiger partial charge in [-0.25, -0.2) is 10.2 Å². The number of hydrazone groups is 1. The fourth-order valence-electron chi connectivity index (χ4n) is 2.62. The number of nitrogens with one attached hydrogen (secondary N) is 2. The molecule has 1 heterocycles. The van der Waals surface area contributed by atoms with Gasteiger partial charge in [0.1, 0.15) is 5.71 Å². The lowest BCUT2D eigenvalue weighted by molar-refractivity contribution is -0.142. The molecule has 0 saturated carbocycles. The summed E-state index contributed by atoms with van der Waals surface area (Å²) in [5.41, 5.74) is 4.58. The van der Waals surface area contributed by atoms with E-state index >= 15 is 0 Å². The molecule has 0 radical (unpaired) electrons. The molecule has 7 heteroatoms. The van der Waals surface area contributed by atoms with Gasteiger partial charge in [0.25, 0.3) is 5.91 Å². The molecule has 7 nitrogen and oxygen atoms in total. The van der Waals surface area contributed by atoms with Crippen molar-refractivity contribution in [2.45, 2.75) is 46.1 Å². The second-order valence-corrected chi connectivity index (χ2v) is 6.80. The first kappa shape index (κ1) is 19.6. The fraction of sp³-hybridized carbons (Fsp3) is 0.474. The number of nitrogens with zero attached hydrogens (tertiary/aromatic N) is 1. The highest BCUT2D eigenvalue weighted by molar-refractivity contribution is 6.37. The van der Waals surface area contributed by atoms with Crippen LogP contribution in [0.5, 0.6) is 0 Å². The SMILES string of the molecule is CC(C)Cc1ccc([C@H](C)NC(=O)COC(=O)C2=NNC(=O)CC2)cc1. The fourth-order valence-corrected chi connectivity index (χ4v) is 2.62. The Morgan fingerprint density at radius 1 is 1.19 bits per heavy atom. The van der Waals surface area contributed by atoms with Gasteiger partial charge in [0.2, 0.25) is 5.91 Å². The molecule has 2 amide bonds. The molecule has 1 aromatic carbocycles. The number of carbonyl (C=O) groups excluding carboxylic acids is 3. The van der Waals surface area contributed by atoms with E-state index in [2.05, 4.69) is 41.8 Å². The summed E-state index contributed by atoms with van der Waals surface area (Å²) in [6, 6.07) is 7.92. The van der Waals surface area contributed by atoms with Crippen LogP contribution in [0.15, 0.2) is 29.4 Å². The third kappa shape index (κ3) is 5.98. The molecule has 0 fully saturated rings. The maximum Gasteiger partial charge on any atom is 0.355 e. The molecule has 2 rings (SSSR count). The van der Waals surface area contributed by atoms with E-state index < -0.39 is 11.9 Å². The number of ether oxygens (including phenoxy) is 1. The van der Waals surface area contributed by atoms with Crippen LogP contribution in [0.3, 0.4) is 0 Å². The monoisotopic (exact) mass is 359 g/mol. The first-order valence-corrected chi connectivity index (χ1v) is 8.76. The molecular weight excluding hydrogens is 334 g/mol. The van der Waals surface area contributed by atoms with Crippen molar-refractivity contribution in [3.05, 3.63) is 35.4 Å². The van der Waals surface area contributed by atoms with Crippen LogP contribution in [-0.2, 0) is 25.5 Å². The minimum atomic E-state index is -0.689. The smallest absolute Gasteiger partial charge is 0.355 e. The zero-order chi connectivity index (χ0) is 19.1. The first-order valence-electron chi connectivity index (χ1n) is 8.76. The minimum absolute atomic E-state index is 0.117. The van der Waals surface area contributed by atoms with Crippen LogP contribution in [0.25, 0.3) is 0 Å². The van der Waals surface area contributed by atoms with Crippen molar-refractivity contribution in [1.82, 2.24) is 10.7 Å². The average Bonchev–Trinajstić information content (AvgIpc) is 2.60. The summed E-state index contributed by atoms with van der Waals surface area (Å²) in [6.07, 6.45) is 1.41. The molecule has 0 spiro atoms. The van der Waals surface area contributed by atoms with E-state index in [1.165, 1.54) is 5.56 Å². The number of benzene rings is 1. The maximum absolute atomic E-state index is 12.0. The maximum atomic E-state index is 12.0. The van der Waals surface area contributed by atoms with Crippen LogP contribution in [0, 0.1) is 5.92 Å². The van der Waals surface area contributed by atoms with Gasteiger partial charge in [-0.05, 0) is 30.4 Å². The highest BCUT2D eigenvalue weighted by Crippen LogP contribution is 2.15. The summed E-state index contributed by atoms with van der Waals surface area (Å²) in [5, 5.41) is 6.43. The second-order valence-electron chi connectivity index (χ2n) is 6.80. The van der Waals surface area contributed by atoms with Crippen molar-refractivity contribution in [2.75, 3.05) is 6.61 Å². The van der Waals surface area contributed by atoms with Crippen LogP contribution in [0.2, 0.25) is 0 Å². The van der Waals surface area contributed by atoms with Gasteiger partial charge < -0.3 is 10.1 Å². The molecule has 1 aliphatic rings. The number of carbonyl (C=O) groups is 3. The molecule has 0 aromatic heterocycles. The molecule has 2 N–H and O–H groups in total.